The number of ether oxygens (including phenoxy) is 2. The molecule has 1 aromatic carbocycles. The first-order valence-electron chi connectivity index (χ1n) is 10.4. The topological polar surface area (TPSA) is 115 Å². The average Bonchev–Trinajstić information content (AvgIpc) is 2.81. The van der Waals surface area contributed by atoms with Crippen LogP contribution >= 0.6 is 0 Å². The molecule has 0 unspecified atom stereocenters. The van der Waals surface area contributed by atoms with Crippen LogP contribution in [0.15, 0.2) is 53.7 Å². The van der Waals surface area contributed by atoms with E-state index in [4.69, 9.17) is 9.47 Å². The van der Waals surface area contributed by atoms with Gasteiger partial charge in [0.1, 0.15) is 17.3 Å². The van der Waals surface area contributed by atoms with Crippen LogP contribution in [-0.2, 0) is 24.3 Å². The normalized spacial score (nSPS) is 15.2. The molecule has 32 heavy (non-hydrogen) atoms. The summed E-state index contributed by atoms with van der Waals surface area (Å²) in [6, 6.07) is 10.7. The average molecular weight is 462 g/mol. The first-order chi connectivity index (χ1) is 15.4. The number of esters is 1. The minimum atomic E-state index is -3.63. The van der Waals surface area contributed by atoms with Gasteiger partial charge in [0, 0.05) is 25.5 Å². The number of hydrogen-bond acceptors (Lipinski definition) is 7. The summed E-state index contributed by atoms with van der Waals surface area (Å²) in [6.45, 7) is 2.59. The van der Waals surface area contributed by atoms with Crippen LogP contribution in [0, 0.1) is 12.8 Å². The van der Waals surface area contributed by atoms with Crippen LogP contribution in [0.25, 0.3) is 0 Å². The zero-order valence-corrected chi connectivity index (χ0v) is 18.7. The third kappa shape index (κ3) is 6.51. The summed E-state index contributed by atoms with van der Waals surface area (Å²) >= 11 is 0. The summed E-state index contributed by atoms with van der Waals surface area (Å²) in [5, 5.41) is 2.64. The van der Waals surface area contributed by atoms with Gasteiger partial charge in [0.15, 0.2) is 6.61 Å². The van der Waals surface area contributed by atoms with E-state index in [1.165, 1.54) is 22.8 Å². The highest BCUT2D eigenvalue weighted by Crippen LogP contribution is 2.24. The first kappa shape index (κ1) is 23.7. The van der Waals surface area contributed by atoms with Crippen molar-refractivity contribution < 1.29 is 27.5 Å². The van der Waals surface area contributed by atoms with Crippen molar-refractivity contribution in [1.29, 1.82) is 0 Å². The monoisotopic (exact) mass is 461 g/mol. The van der Waals surface area contributed by atoms with Crippen LogP contribution in [0.3, 0.4) is 0 Å². The van der Waals surface area contributed by atoms with E-state index in [1.807, 2.05) is 31.2 Å². The summed E-state index contributed by atoms with van der Waals surface area (Å²) in [5.74, 6) is -0.618. The number of aryl methyl sites for hydroxylation is 1. The Morgan fingerprint density at radius 2 is 1.97 bits per heavy atom. The van der Waals surface area contributed by atoms with Gasteiger partial charge in [-0.2, -0.15) is 4.31 Å². The number of nitrogens with zero attached hydrogens (tertiary/aromatic N) is 2. The van der Waals surface area contributed by atoms with Gasteiger partial charge in [0.05, 0.1) is 12.5 Å². The fourth-order valence-electron chi connectivity index (χ4n) is 3.35. The number of rotatable bonds is 9. The molecule has 10 heteroatoms. The fraction of sp³-hybridized carbons (Fsp3) is 0.409. The Labute approximate surface area is 187 Å². The maximum absolute atomic E-state index is 12.6. The highest BCUT2D eigenvalue weighted by Gasteiger charge is 2.33. The lowest BCUT2D eigenvalue weighted by molar-refractivity contribution is -0.153. The largest absolute Gasteiger partial charge is 0.492 e. The highest BCUT2D eigenvalue weighted by molar-refractivity contribution is 7.89. The van der Waals surface area contributed by atoms with Gasteiger partial charge in [0.2, 0.25) is 10.0 Å². The molecule has 9 nitrogen and oxygen atoms in total. The van der Waals surface area contributed by atoms with E-state index in [-0.39, 0.29) is 31.1 Å². The molecule has 2 heterocycles. The van der Waals surface area contributed by atoms with Crippen LogP contribution in [-0.4, -0.2) is 62.4 Å². The second-order valence-electron chi connectivity index (χ2n) is 7.49. The Morgan fingerprint density at radius 3 is 2.66 bits per heavy atom. The molecule has 1 aromatic heterocycles. The van der Waals surface area contributed by atoms with Crippen LogP contribution in [0.5, 0.6) is 5.75 Å². The fourth-order valence-corrected chi connectivity index (χ4v) is 4.78. The van der Waals surface area contributed by atoms with Gasteiger partial charge >= 0.3 is 5.97 Å². The Kier molecular flexibility index (Phi) is 8.18. The number of nitrogens with one attached hydrogen (secondary N) is 1. The van der Waals surface area contributed by atoms with E-state index in [0.717, 1.165) is 11.3 Å². The summed E-state index contributed by atoms with van der Waals surface area (Å²) in [7, 11) is -3.63. The molecule has 0 radical (unpaired) electrons. The number of benzene rings is 1. The van der Waals surface area contributed by atoms with E-state index < -0.39 is 27.8 Å². The number of piperidine rings is 1. The molecular weight excluding hydrogens is 434 g/mol. The van der Waals surface area contributed by atoms with Gasteiger partial charge in [-0.3, -0.25) is 14.6 Å². The molecule has 1 aliphatic rings. The summed E-state index contributed by atoms with van der Waals surface area (Å²) in [6.07, 6.45) is 3.49. The lowest BCUT2D eigenvalue weighted by atomic mass is 9.98. The molecule has 1 N–H and O–H groups in total. The number of pyridine rings is 1. The summed E-state index contributed by atoms with van der Waals surface area (Å²) in [5.41, 5.74) is 1.08. The van der Waals surface area contributed by atoms with Gasteiger partial charge in [0.25, 0.3) is 5.91 Å². The van der Waals surface area contributed by atoms with Crippen LogP contribution < -0.4 is 10.1 Å². The van der Waals surface area contributed by atoms with Crippen molar-refractivity contribution in [3.8, 4) is 5.75 Å². The standard InChI is InChI=1S/C22H27N3O6S/c1-17-4-2-5-19(14-17)30-13-10-24-21(26)16-31-22(27)18-7-11-25(12-8-18)32(28,29)20-6-3-9-23-15-20/h2-6,9,14-15,18H,7-8,10-13,16H2,1H3,(H,24,26). The quantitative estimate of drug-likeness (QED) is 0.445. The summed E-state index contributed by atoms with van der Waals surface area (Å²) < 4.78 is 37.2. The molecule has 3 rings (SSSR count). The molecular formula is C22H27N3O6S. The minimum Gasteiger partial charge on any atom is -0.492 e. The number of sulfonamides is 1. The van der Waals surface area contributed by atoms with E-state index in [0.29, 0.717) is 19.4 Å². The van der Waals surface area contributed by atoms with Crippen molar-refractivity contribution in [2.45, 2.75) is 24.7 Å². The molecule has 2 aromatic rings. The van der Waals surface area contributed by atoms with Gasteiger partial charge in [-0.25, -0.2) is 8.42 Å². The Hall–Kier alpha value is -2.98. The predicted molar refractivity (Wildman–Crippen MR) is 116 cm³/mol. The third-order valence-corrected chi connectivity index (χ3v) is 6.97. The molecule has 0 atom stereocenters. The molecule has 0 saturated carbocycles. The van der Waals surface area contributed by atoms with Crippen molar-refractivity contribution in [2.75, 3.05) is 32.8 Å². The van der Waals surface area contributed by atoms with Crippen LogP contribution in [0.1, 0.15) is 18.4 Å². The van der Waals surface area contributed by atoms with Crippen molar-refractivity contribution in [1.82, 2.24) is 14.6 Å². The molecule has 1 aliphatic heterocycles. The second kappa shape index (κ2) is 11.1. The van der Waals surface area contributed by atoms with Crippen molar-refractivity contribution in [3.63, 3.8) is 0 Å². The van der Waals surface area contributed by atoms with E-state index in [1.54, 1.807) is 6.07 Å². The zero-order valence-electron chi connectivity index (χ0n) is 17.9. The Balaban J connectivity index is 1.34. The molecule has 1 saturated heterocycles. The predicted octanol–water partition coefficient (Wildman–Crippen LogP) is 1.53. The van der Waals surface area contributed by atoms with Crippen LogP contribution in [0.4, 0.5) is 0 Å². The van der Waals surface area contributed by atoms with E-state index in [9.17, 15) is 18.0 Å². The highest BCUT2D eigenvalue weighted by atomic mass is 32.2. The Morgan fingerprint density at radius 1 is 1.19 bits per heavy atom. The zero-order chi connectivity index (χ0) is 23.0. The van der Waals surface area contributed by atoms with Gasteiger partial charge in [-0.1, -0.05) is 12.1 Å². The third-order valence-electron chi connectivity index (χ3n) is 5.09. The van der Waals surface area contributed by atoms with Crippen molar-refractivity contribution in [3.05, 3.63) is 54.4 Å². The molecule has 1 fully saturated rings. The lowest BCUT2D eigenvalue weighted by Gasteiger charge is -2.29. The van der Waals surface area contributed by atoms with Gasteiger partial charge < -0.3 is 14.8 Å². The molecule has 0 spiro atoms. The van der Waals surface area contributed by atoms with Crippen LogP contribution in [0.2, 0.25) is 0 Å². The van der Waals surface area contributed by atoms with Gasteiger partial charge in [-0.05, 0) is 49.6 Å². The van der Waals surface area contributed by atoms with E-state index in [2.05, 4.69) is 10.3 Å². The van der Waals surface area contributed by atoms with E-state index >= 15 is 0 Å². The second-order valence-corrected chi connectivity index (χ2v) is 9.43. The molecule has 172 valence electrons. The number of hydrogen-bond donors (Lipinski definition) is 1. The maximum atomic E-state index is 12.6. The number of amides is 1. The molecule has 1 amide bonds. The van der Waals surface area contributed by atoms with Crippen molar-refractivity contribution >= 4 is 21.9 Å². The first-order valence-corrected chi connectivity index (χ1v) is 11.8. The van der Waals surface area contributed by atoms with Crippen molar-refractivity contribution in [2.24, 2.45) is 5.92 Å². The number of aromatic nitrogens is 1. The summed E-state index contributed by atoms with van der Waals surface area (Å²) in [4.78, 5) is 28.1. The number of carbonyl (C=O) groups excluding carboxylic acids is 2. The Bertz CT molecular complexity index is 1020. The maximum Gasteiger partial charge on any atom is 0.309 e. The lowest BCUT2D eigenvalue weighted by Crippen LogP contribution is -2.41. The molecule has 0 aliphatic carbocycles. The van der Waals surface area contributed by atoms with Gasteiger partial charge in [-0.15, -0.1) is 0 Å². The smallest absolute Gasteiger partial charge is 0.309 e. The molecule has 0 bridgehead atoms. The minimum absolute atomic E-state index is 0.129. The number of carbonyl (C=O) groups is 2. The SMILES string of the molecule is Cc1cccc(OCCNC(=O)COC(=O)C2CCN(S(=O)(=O)c3cccnc3)CC2)c1.